The van der Waals surface area contributed by atoms with Crippen molar-refractivity contribution >= 4 is 29.2 Å². The number of rotatable bonds is 4. The first-order valence-electron chi connectivity index (χ1n) is 8.41. The van der Waals surface area contributed by atoms with Crippen LogP contribution >= 0.6 is 11.8 Å². The number of nitrogens with zero attached hydrogens (tertiary/aromatic N) is 4. The number of anilines is 2. The van der Waals surface area contributed by atoms with Crippen molar-refractivity contribution in [1.29, 1.82) is 0 Å². The highest BCUT2D eigenvalue weighted by atomic mass is 32.2. The molecule has 0 bridgehead atoms. The molecule has 2 N–H and O–H groups in total. The fourth-order valence-corrected chi connectivity index (χ4v) is 3.15. The molecule has 0 saturated heterocycles. The van der Waals surface area contributed by atoms with Crippen molar-refractivity contribution in [2.45, 2.75) is 31.2 Å². The van der Waals surface area contributed by atoms with Gasteiger partial charge < -0.3 is 10.6 Å². The Hall–Kier alpha value is -3.08. The van der Waals surface area contributed by atoms with E-state index in [1.807, 2.05) is 20.8 Å². The lowest BCUT2D eigenvalue weighted by molar-refractivity contribution is -0.0328. The molecule has 0 atom stereocenters. The van der Waals surface area contributed by atoms with Gasteiger partial charge in [-0.3, -0.25) is 4.57 Å². The fourth-order valence-electron chi connectivity index (χ4n) is 2.61. The van der Waals surface area contributed by atoms with E-state index in [9.17, 15) is 18.0 Å². The molecule has 3 aromatic rings. The van der Waals surface area contributed by atoms with E-state index >= 15 is 0 Å². The number of hydrogen-bond acceptors (Lipinski definition) is 5. The van der Waals surface area contributed by atoms with Crippen molar-refractivity contribution < 1.29 is 18.0 Å². The molecule has 11 heteroatoms. The number of hydrogen-bond donors (Lipinski definition) is 2. The molecular formula is C18H17F3N6OS. The van der Waals surface area contributed by atoms with Crippen LogP contribution in [0.15, 0.2) is 41.6 Å². The van der Waals surface area contributed by atoms with Gasteiger partial charge in [-0.05, 0) is 56.8 Å². The first kappa shape index (κ1) is 20.6. The second-order valence-corrected chi connectivity index (χ2v) is 7.23. The minimum absolute atomic E-state index is 0.0350. The molecular weight excluding hydrogens is 405 g/mol. The molecule has 0 radical (unpaired) electrons. The largest absolute Gasteiger partial charge is 0.446 e. The normalized spacial score (nSPS) is 11.4. The van der Waals surface area contributed by atoms with Gasteiger partial charge in [-0.1, -0.05) is 0 Å². The van der Waals surface area contributed by atoms with Crippen LogP contribution in [0.5, 0.6) is 0 Å². The summed E-state index contributed by atoms with van der Waals surface area (Å²) < 4.78 is 38.8. The van der Waals surface area contributed by atoms with Crippen LogP contribution in [0.2, 0.25) is 0 Å². The van der Waals surface area contributed by atoms with Gasteiger partial charge in [-0.2, -0.15) is 13.2 Å². The van der Waals surface area contributed by atoms with Crippen LogP contribution in [0.3, 0.4) is 0 Å². The molecule has 0 aliphatic carbocycles. The minimum Gasteiger partial charge on any atom is -0.308 e. The zero-order chi connectivity index (χ0) is 21.2. The van der Waals surface area contributed by atoms with E-state index in [0.717, 1.165) is 17.2 Å². The Morgan fingerprint density at radius 2 is 1.59 bits per heavy atom. The first-order chi connectivity index (χ1) is 13.6. The summed E-state index contributed by atoms with van der Waals surface area (Å²) in [5.41, 5.74) is -1.83. The third-order valence-corrected chi connectivity index (χ3v) is 4.69. The van der Waals surface area contributed by atoms with E-state index in [1.54, 1.807) is 4.57 Å². The van der Waals surface area contributed by atoms with E-state index in [2.05, 4.69) is 25.6 Å². The number of alkyl halides is 3. The molecule has 2 amide bonds. The maximum Gasteiger partial charge on any atom is 0.446 e. The molecule has 29 heavy (non-hydrogen) atoms. The molecule has 7 nitrogen and oxygen atoms in total. The highest BCUT2D eigenvalue weighted by molar-refractivity contribution is 8.00. The Bertz CT molecular complexity index is 1020. The summed E-state index contributed by atoms with van der Waals surface area (Å²) in [5, 5.41) is 5.11. The Morgan fingerprint density at radius 1 is 1.00 bits per heavy atom. The van der Waals surface area contributed by atoms with Gasteiger partial charge in [0.15, 0.2) is 0 Å². The van der Waals surface area contributed by atoms with Crippen molar-refractivity contribution in [2.75, 3.05) is 10.6 Å². The lowest BCUT2D eigenvalue weighted by atomic mass is 10.3. The van der Waals surface area contributed by atoms with E-state index in [4.69, 9.17) is 0 Å². The molecule has 2 heterocycles. The molecule has 0 unspecified atom stereocenters. The van der Waals surface area contributed by atoms with Crippen LogP contribution in [-0.4, -0.2) is 31.1 Å². The standard InChI is InChI=1S/C18H17F3N6OS/c1-10-11(2)27(12(3)24-10)16-22-8-14(9-23-16)26-17(28)25-13-4-6-15(7-5-13)29-18(19,20)21/h4-9H,1-3H3,(H2,25,26,28). The number of aromatic nitrogens is 4. The summed E-state index contributed by atoms with van der Waals surface area (Å²) in [6.07, 6.45) is 2.92. The summed E-state index contributed by atoms with van der Waals surface area (Å²) in [5.74, 6) is 1.19. The third-order valence-electron chi connectivity index (χ3n) is 3.95. The highest BCUT2D eigenvalue weighted by Crippen LogP contribution is 2.37. The number of urea groups is 1. The van der Waals surface area contributed by atoms with Gasteiger partial charge in [0.1, 0.15) is 5.82 Å². The summed E-state index contributed by atoms with van der Waals surface area (Å²) in [6.45, 7) is 5.66. The van der Waals surface area contributed by atoms with Gasteiger partial charge in [-0.25, -0.2) is 19.7 Å². The van der Waals surface area contributed by atoms with Crippen molar-refractivity contribution in [3.63, 3.8) is 0 Å². The van der Waals surface area contributed by atoms with Crippen molar-refractivity contribution in [3.8, 4) is 5.95 Å². The van der Waals surface area contributed by atoms with Gasteiger partial charge in [0.25, 0.3) is 0 Å². The summed E-state index contributed by atoms with van der Waals surface area (Å²) in [4.78, 5) is 25.0. The van der Waals surface area contributed by atoms with Gasteiger partial charge in [-0.15, -0.1) is 0 Å². The molecule has 0 fully saturated rings. The average molecular weight is 422 g/mol. The van der Waals surface area contributed by atoms with Gasteiger partial charge in [0.2, 0.25) is 5.95 Å². The Kier molecular flexibility index (Phi) is 5.78. The number of carbonyl (C=O) groups is 1. The zero-order valence-electron chi connectivity index (χ0n) is 15.7. The van der Waals surface area contributed by atoms with E-state index in [-0.39, 0.29) is 16.7 Å². The van der Waals surface area contributed by atoms with Crippen LogP contribution in [0, 0.1) is 20.8 Å². The predicted molar refractivity (Wildman–Crippen MR) is 104 cm³/mol. The number of carbonyl (C=O) groups excluding carboxylic acids is 1. The van der Waals surface area contributed by atoms with Crippen LogP contribution in [0.25, 0.3) is 5.95 Å². The number of amides is 2. The van der Waals surface area contributed by atoms with Crippen LogP contribution in [0.4, 0.5) is 29.3 Å². The molecule has 0 saturated carbocycles. The maximum absolute atomic E-state index is 12.3. The number of thioether (sulfide) groups is 1. The Morgan fingerprint density at radius 3 is 2.10 bits per heavy atom. The van der Waals surface area contributed by atoms with Crippen LogP contribution < -0.4 is 10.6 Å². The average Bonchev–Trinajstić information content (AvgIpc) is 2.88. The third kappa shape index (κ3) is 5.25. The van der Waals surface area contributed by atoms with E-state index in [1.165, 1.54) is 36.7 Å². The lowest BCUT2D eigenvalue weighted by Crippen LogP contribution is -2.19. The molecule has 3 rings (SSSR count). The monoisotopic (exact) mass is 422 g/mol. The summed E-state index contributed by atoms with van der Waals surface area (Å²) >= 11 is -0.217. The second kappa shape index (κ2) is 8.11. The number of benzene rings is 1. The molecule has 1 aromatic carbocycles. The van der Waals surface area contributed by atoms with Crippen molar-refractivity contribution in [3.05, 3.63) is 53.9 Å². The predicted octanol–water partition coefficient (Wildman–Crippen LogP) is 4.84. The van der Waals surface area contributed by atoms with Crippen LogP contribution in [-0.2, 0) is 0 Å². The molecule has 2 aromatic heterocycles. The molecule has 0 aliphatic heterocycles. The highest BCUT2D eigenvalue weighted by Gasteiger charge is 2.29. The van der Waals surface area contributed by atoms with Gasteiger partial charge in [0, 0.05) is 16.3 Å². The first-order valence-corrected chi connectivity index (χ1v) is 9.23. The lowest BCUT2D eigenvalue weighted by Gasteiger charge is -2.10. The number of aryl methyl sites for hydroxylation is 2. The minimum atomic E-state index is -4.36. The van der Waals surface area contributed by atoms with Crippen molar-refractivity contribution in [2.24, 2.45) is 0 Å². The topological polar surface area (TPSA) is 84.7 Å². The zero-order valence-corrected chi connectivity index (χ0v) is 16.5. The van der Waals surface area contributed by atoms with E-state index < -0.39 is 11.5 Å². The van der Waals surface area contributed by atoms with Gasteiger partial charge >= 0.3 is 11.5 Å². The van der Waals surface area contributed by atoms with Gasteiger partial charge in [0.05, 0.1) is 23.8 Å². The quantitative estimate of drug-likeness (QED) is 0.588. The summed E-state index contributed by atoms with van der Waals surface area (Å²) in [7, 11) is 0. The Labute approximate surface area is 168 Å². The Balaban J connectivity index is 1.62. The second-order valence-electron chi connectivity index (χ2n) is 6.09. The smallest absolute Gasteiger partial charge is 0.308 e. The molecule has 0 aliphatic rings. The van der Waals surface area contributed by atoms with Crippen molar-refractivity contribution in [1.82, 2.24) is 19.5 Å². The van der Waals surface area contributed by atoms with E-state index in [0.29, 0.717) is 17.3 Å². The number of nitrogens with one attached hydrogen (secondary N) is 2. The molecule has 0 spiro atoms. The SMILES string of the molecule is Cc1nc(C)n(-c2ncc(NC(=O)Nc3ccc(SC(F)(F)F)cc3)cn2)c1C. The van der Waals surface area contributed by atoms with Crippen LogP contribution in [0.1, 0.15) is 17.2 Å². The number of imidazole rings is 1. The fraction of sp³-hybridized carbons (Fsp3) is 0.222. The number of halogens is 3. The molecule has 152 valence electrons. The summed E-state index contributed by atoms with van der Waals surface area (Å²) in [6, 6.07) is 4.77. The maximum atomic E-state index is 12.3.